The molecule has 4 rings (SSSR count). The SMILES string of the molecule is O=C(CCc1ccccc1)N1N=C(c2ccccc2)CC1c1ccccc1. The summed E-state index contributed by atoms with van der Waals surface area (Å²) >= 11 is 0. The maximum Gasteiger partial charge on any atom is 0.243 e. The van der Waals surface area contributed by atoms with E-state index in [1.165, 1.54) is 5.56 Å². The Morgan fingerprint density at radius 3 is 2.11 bits per heavy atom. The van der Waals surface area contributed by atoms with Gasteiger partial charge in [-0.2, -0.15) is 5.10 Å². The number of hydrazone groups is 1. The number of aryl methyl sites for hydroxylation is 1. The van der Waals surface area contributed by atoms with Gasteiger partial charge in [-0.25, -0.2) is 5.01 Å². The van der Waals surface area contributed by atoms with E-state index in [2.05, 4.69) is 36.4 Å². The lowest BCUT2D eigenvalue weighted by atomic mass is 9.98. The van der Waals surface area contributed by atoms with Crippen LogP contribution in [0.2, 0.25) is 0 Å². The van der Waals surface area contributed by atoms with Crippen LogP contribution in [0, 0.1) is 0 Å². The Morgan fingerprint density at radius 2 is 1.44 bits per heavy atom. The Hall–Kier alpha value is -3.20. The van der Waals surface area contributed by atoms with Crippen molar-refractivity contribution in [2.45, 2.75) is 25.3 Å². The lowest BCUT2D eigenvalue weighted by molar-refractivity contribution is -0.133. The maximum atomic E-state index is 13.0. The van der Waals surface area contributed by atoms with Crippen LogP contribution in [-0.2, 0) is 11.2 Å². The minimum absolute atomic E-state index is 0.0373. The van der Waals surface area contributed by atoms with Crippen LogP contribution < -0.4 is 0 Å². The van der Waals surface area contributed by atoms with Gasteiger partial charge in [-0.1, -0.05) is 91.0 Å². The molecule has 0 bridgehead atoms. The molecule has 0 N–H and O–H groups in total. The Morgan fingerprint density at radius 1 is 0.852 bits per heavy atom. The summed E-state index contributed by atoms with van der Waals surface area (Å²) in [4.78, 5) is 13.0. The molecule has 0 aliphatic carbocycles. The highest BCUT2D eigenvalue weighted by Gasteiger charge is 2.32. The van der Waals surface area contributed by atoms with Crippen molar-refractivity contribution >= 4 is 11.6 Å². The van der Waals surface area contributed by atoms with E-state index in [4.69, 9.17) is 5.10 Å². The van der Waals surface area contributed by atoms with E-state index in [-0.39, 0.29) is 11.9 Å². The molecule has 0 radical (unpaired) electrons. The van der Waals surface area contributed by atoms with E-state index in [0.29, 0.717) is 6.42 Å². The van der Waals surface area contributed by atoms with Crippen LogP contribution in [-0.4, -0.2) is 16.6 Å². The predicted octanol–water partition coefficient (Wildman–Crippen LogP) is 5.00. The van der Waals surface area contributed by atoms with E-state index in [0.717, 1.165) is 29.7 Å². The van der Waals surface area contributed by atoms with Crippen molar-refractivity contribution < 1.29 is 4.79 Å². The van der Waals surface area contributed by atoms with Crippen LogP contribution >= 0.6 is 0 Å². The molecule has 0 saturated heterocycles. The minimum Gasteiger partial charge on any atom is -0.273 e. The molecule has 1 aliphatic rings. The zero-order chi connectivity index (χ0) is 18.5. The highest BCUT2D eigenvalue weighted by molar-refractivity contribution is 6.03. The van der Waals surface area contributed by atoms with Crippen LogP contribution in [0.1, 0.15) is 35.6 Å². The number of carbonyl (C=O) groups is 1. The lowest BCUT2D eigenvalue weighted by Gasteiger charge is -2.22. The van der Waals surface area contributed by atoms with Gasteiger partial charge in [-0.3, -0.25) is 4.79 Å². The molecular formula is C24H22N2O. The van der Waals surface area contributed by atoms with Crippen molar-refractivity contribution in [1.29, 1.82) is 0 Å². The van der Waals surface area contributed by atoms with Gasteiger partial charge in [0.05, 0.1) is 11.8 Å². The number of amides is 1. The molecule has 1 heterocycles. The molecule has 3 aromatic carbocycles. The van der Waals surface area contributed by atoms with Gasteiger partial charge in [-0.15, -0.1) is 0 Å². The van der Waals surface area contributed by atoms with E-state index >= 15 is 0 Å². The average molecular weight is 354 g/mol. The zero-order valence-electron chi connectivity index (χ0n) is 15.2. The molecule has 3 nitrogen and oxygen atoms in total. The summed E-state index contributed by atoms with van der Waals surface area (Å²) in [5, 5.41) is 6.42. The van der Waals surface area contributed by atoms with Gasteiger partial charge in [-0.05, 0) is 23.1 Å². The second-order valence-electron chi connectivity index (χ2n) is 6.77. The zero-order valence-corrected chi connectivity index (χ0v) is 15.2. The fraction of sp³-hybridized carbons (Fsp3) is 0.167. The highest BCUT2D eigenvalue weighted by Crippen LogP contribution is 2.33. The number of nitrogens with zero attached hydrogens (tertiary/aromatic N) is 2. The molecule has 0 fully saturated rings. The molecule has 1 unspecified atom stereocenters. The number of hydrogen-bond acceptors (Lipinski definition) is 2. The molecule has 0 saturated carbocycles. The number of hydrogen-bond donors (Lipinski definition) is 0. The van der Waals surface area contributed by atoms with Crippen LogP contribution in [0.15, 0.2) is 96.1 Å². The third-order valence-electron chi connectivity index (χ3n) is 4.93. The molecule has 0 spiro atoms. The fourth-order valence-corrected chi connectivity index (χ4v) is 3.49. The Bertz CT molecular complexity index is 920. The summed E-state index contributed by atoms with van der Waals surface area (Å²) in [6.45, 7) is 0. The molecule has 0 aromatic heterocycles. The summed E-state index contributed by atoms with van der Waals surface area (Å²) in [5.41, 5.74) is 4.35. The van der Waals surface area contributed by atoms with Crippen molar-refractivity contribution in [3.8, 4) is 0 Å². The largest absolute Gasteiger partial charge is 0.273 e. The molecule has 3 aromatic rings. The third kappa shape index (κ3) is 3.98. The smallest absolute Gasteiger partial charge is 0.243 e. The number of benzene rings is 3. The van der Waals surface area contributed by atoms with Gasteiger partial charge in [0.15, 0.2) is 0 Å². The summed E-state index contributed by atoms with van der Waals surface area (Å²) in [6.07, 6.45) is 1.93. The van der Waals surface area contributed by atoms with Crippen LogP contribution in [0.3, 0.4) is 0 Å². The number of rotatable bonds is 5. The Balaban J connectivity index is 1.57. The van der Waals surface area contributed by atoms with Crippen molar-refractivity contribution in [2.24, 2.45) is 5.10 Å². The topological polar surface area (TPSA) is 32.7 Å². The molecule has 27 heavy (non-hydrogen) atoms. The van der Waals surface area contributed by atoms with Crippen LogP contribution in [0.5, 0.6) is 0 Å². The highest BCUT2D eigenvalue weighted by atomic mass is 16.2. The maximum absolute atomic E-state index is 13.0. The fourth-order valence-electron chi connectivity index (χ4n) is 3.49. The molecule has 1 atom stereocenters. The first-order valence-corrected chi connectivity index (χ1v) is 9.35. The van der Waals surface area contributed by atoms with Gasteiger partial charge < -0.3 is 0 Å². The summed E-state index contributed by atoms with van der Waals surface area (Å²) in [5.74, 6) is 0.0682. The van der Waals surface area contributed by atoms with Gasteiger partial charge in [0, 0.05) is 12.8 Å². The first-order valence-electron chi connectivity index (χ1n) is 9.35. The summed E-state index contributed by atoms with van der Waals surface area (Å²) < 4.78 is 0. The summed E-state index contributed by atoms with van der Waals surface area (Å²) in [6, 6.07) is 30.4. The predicted molar refractivity (Wildman–Crippen MR) is 108 cm³/mol. The van der Waals surface area contributed by atoms with Gasteiger partial charge >= 0.3 is 0 Å². The van der Waals surface area contributed by atoms with Crippen LogP contribution in [0.25, 0.3) is 0 Å². The normalized spacial score (nSPS) is 16.2. The van der Waals surface area contributed by atoms with Gasteiger partial charge in [0.1, 0.15) is 0 Å². The number of carbonyl (C=O) groups excluding carboxylic acids is 1. The van der Waals surface area contributed by atoms with E-state index in [1.54, 1.807) is 5.01 Å². The van der Waals surface area contributed by atoms with Crippen molar-refractivity contribution in [3.63, 3.8) is 0 Å². The molecule has 1 amide bonds. The van der Waals surface area contributed by atoms with Gasteiger partial charge in [0.2, 0.25) is 5.91 Å². The molecular weight excluding hydrogens is 332 g/mol. The second-order valence-corrected chi connectivity index (χ2v) is 6.77. The molecule has 1 aliphatic heterocycles. The Kier molecular flexibility index (Phi) is 5.10. The third-order valence-corrected chi connectivity index (χ3v) is 4.93. The standard InChI is InChI=1S/C24H22N2O/c27-24(17-16-19-10-4-1-5-11-19)26-23(21-14-8-3-9-15-21)18-22(25-26)20-12-6-2-7-13-20/h1-15,23H,16-18H2. The van der Waals surface area contributed by atoms with E-state index in [9.17, 15) is 4.79 Å². The van der Waals surface area contributed by atoms with Crippen molar-refractivity contribution in [3.05, 3.63) is 108 Å². The summed E-state index contributed by atoms with van der Waals surface area (Å²) in [7, 11) is 0. The monoisotopic (exact) mass is 354 g/mol. The van der Waals surface area contributed by atoms with Crippen LogP contribution in [0.4, 0.5) is 0 Å². The first kappa shape index (κ1) is 17.2. The van der Waals surface area contributed by atoms with Crippen molar-refractivity contribution in [2.75, 3.05) is 0 Å². The Labute approximate surface area is 160 Å². The molecule has 3 heteroatoms. The quantitative estimate of drug-likeness (QED) is 0.635. The minimum atomic E-state index is -0.0373. The van der Waals surface area contributed by atoms with Gasteiger partial charge in [0.25, 0.3) is 0 Å². The first-order chi connectivity index (χ1) is 13.3. The average Bonchev–Trinajstić information content (AvgIpc) is 3.20. The van der Waals surface area contributed by atoms with E-state index in [1.807, 2.05) is 54.6 Å². The molecule has 134 valence electrons. The second kappa shape index (κ2) is 8.00. The lowest BCUT2D eigenvalue weighted by Crippen LogP contribution is -2.27. The van der Waals surface area contributed by atoms with E-state index < -0.39 is 0 Å². The van der Waals surface area contributed by atoms with Crippen molar-refractivity contribution in [1.82, 2.24) is 5.01 Å².